The quantitative estimate of drug-likeness (QED) is 0.677. The van der Waals surface area contributed by atoms with Gasteiger partial charge in [0, 0.05) is 11.3 Å². The van der Waals surface area contributed by atoms with Crippen molar-refractivity contribution in [1.29, 1.82) is 0 Å². The van der Waals surface area contributed by atoms with Crippen molar-refractivity contribution >= 4 is 40.6 Å². The van der Waals surface area contributed by atoms with Crippen molar-refractivity contribution in [2.45, 2.75) is 33.8 Å². The van der Waals surface area contributed by atoms with Gasteiger partial charge in [-0.05, 0) is 63.2 Å². The number of carbonyl (C=O) groups is 3. The molecule has 0 bridgehead atoms. The van der Waals surface area contributed by atoms with Crippen LogP contribution in [0.15, 0.2) is 47.4 Å². The standard InChI is InChI=1S/C23H24N2O4S/c1-14(2)29-19-8-6-5-7-17(19)12-20-22(27)25(23(28)30-20)13-21(26)24-18-10-9-15(3)11-16(18)4/h5-12,14H,13H2,1-4H3,(H,24,26)/b20-12-. The van der Waals surface area contributed by atoms with Crippen LogP contribution in [0.1, 0.15) is 30.5 Å². The Morgan fingerprint density at radius 3 is 2.60 bits per heavy atom. The van der Waals surface area contributed by atoms with E-state index >= 15 is 0 Å². The molecule has 3 amide bonds. The molecule has 0 aliphatic carbocycles. The summed E-state index contributed by atoms with van der Waals surface area (Å²) >= 11 is 0.821. The molecule has 6 nitrogen and oxygen atoms in total. The first-order chi connectivity index (χ1) is 14.2. The largest absolute Gasteiger partial charge is 0.490 e. The Hall–Kier alpha value is -3.06. The highest BCUT2D eigenvalue weighted by atomic mass is 32.2. The highest BCUT2D eigenvalue weighted by Gasteiger charge is 2.36. The van der Waals surface area contributed by atoms with E-state index in [-0.39, 0.29) is 17.6 Å². The molecule has 1 aliphatic rings. The van der Waals surface area contributed by atoms with Crippen LogP contribution < -0.4 is 10.1 Å². The number of hydrogen-bond acceptors (Lipinski definition) is 5. The van der Waals surface area contributed by atoms with Gasteiger partial charge in [-0.15, -0.1) is 0 Å². The van der Waals surface area contributed by atoms with E-state index in [2.05, 4.69) is 5.32 Å². The number of benzene rings is 2. The molecule has 156 valence electrons. The van der Waals surface area contributed by atoms with Gasteiger partial charge in [-0.25, -0.2) is 0 Å². The van der Waals surface area contributed by atoms with Crippen molar-refractivity contribution in [3.05, 3.63) is 64.1 Å². The van der Waals surface area contributed by atoms with Gasteiger partial charge in [0.1, 0.15) is 12.3 Å². The van der Waals surface area contributed by atoms with E-state index in [0.717, 1.165) is 27.8 Å². The maximum Gasteiger partial charge on any atom is 0.294 e. The van der Waals surface area contributed by atoms with Crippen molar-refractivity contribution in [3.8, 4) is 5.75 Å². The lowest BCUT2D eigenvalue weighted by molar-refractivity contribution is -0.127. The second kappa shape index (κ2) is 9.17. The molecule has 0 unspecified atom stereocenters. The van der Waals surface area contributed by atoms with Gasteiger partial charge in [0.15, 0.2) is 0 Å². The number of ether oxygens (including phenoxy) is 1. The first-order valence-electron chi connectivity index (χ1n) is 9.62. The predicted octanol–water partition coefficient (Wildman–Crippen LogP) is 4.77. The number of anilines is 1. The molecule has 1 fully saturated rings. The molecule has 0 radical (unpaired) electrons. The van der Waals surface area contributed by atoms with Gasteiger partial charge in [0.05, 0.1) is 11.0 Å². The summed E-state index contributed by atoms with van der Waals surface area (Å²) in [5.41, 5.74) is 3.37. The van der Waals surface area contributed by atoms with E-state index in [9.17, 15) is 14.4 Å². The smallest absolute Gasteiger partial charge is 0.294 e. The van der Waals surface area contributed by atoms with Gasteiger partial charge in [-0.2, -0.15) is 0 Å². The van der Waals surface area contributed by atoms with E-state index in [4.69, 9.17) is 4.74 Å². The molecule has 2 aromatic rings. The van der Waals surface area contributed by atoms with Crippen LogP contribution in [0.4, 0.5) is 10.5 Å². The lowest BCUT2D eigenvalue weighted by Crippen LogP contribution is -2.36. The van der Waals surface area contributed by atoms with Crippen LogP contribution in [0.25, 0.3) is 6.08 Å². The first kappa shape index (κ1) is 21.6. The van der Waals surface area contributed by atoms with E-state index < -0.39 is 17.1 Å². The lowest BCUT2D eigenvalue weighted by Gasteiger charge is -2.14. The Morgan fingerprint density at radius 1 is 1.17 bits per heavy atom. The number of imide groups is 1. The van der Waals surface area contributed by atoms with Crippen molar-refractivity contribution in [3.63, 3.8) is 0 Å². The van der Waals surface area contributed by atoms with Gasteiger partial charge in [0.2, 0.25) is 5.91 Å². The Kier molecular flexibility index (Phi) is 6.62. The Labute approximate surface area is 180 Å². The van der Waals surface area contributed by atoms with Crippen LogP contribution in [0.5, 0.6) is 5.75 Å². The summed E-state index contributed by atoms with van der Waals surface area (Å²) in [6.45, 7) is 7.36. The minimum atomic E-state index is -0.486. The maximum atomic E-state index is 12.7. The molecular formula is C23H24N2O4S. The monoisotopic (exact) mass is 424 g/mol. The molecule has 3 rings (SSSR count). The van der Waals surface area contributed by atoms with E-state index in [1.807, 2.05) is 70.2 Å². The zero-order valence-corrected chi connectivity index (χ0v) is 18.2. The number of carbonyl (C=O) groups excluding carboxylic acids is 3. The van der Waals surface area contributed by atoms with Gasteiger partial charge in [-0.3, -0.25) is 19.3 Å². The molecule has 0 spiro atoms. The summed E-state index contributed by atoms with van der Waals surface area (Å²) in [7, 11) is 0. The molecule has 7 heteroatoms. The van der Waals surface area contributed by atoms with Gasteiger partial charge < -0.3 is 10.1 Å². The number of nitrogens with one attached hydrogen (secondary N) is 1. The second-order valence-electron chi connectivity index (χ2n) is 7.34. The summed E-state index contributed by atoms with van der Waals surface area (Å²) in [4.78, 5) is 38.8. The first-order valence-corrected chi connectivity index (χ1v) is 10.4. The fourth-order valence-corrected chi connectivity index (χ4v) is 3.85. The Morgan fingerprint density at radius 2 is 1.90 bits per heavy atom. The van der Waals surface area contributed by atoms with Crippen LogP contribution >= 0.6 is 11.8 Å². The average molecular weight is 425 g/mol. The van der Waals surface area contributed by atoms with Crippen LogP contribution in [-0.2, 0) is 9.59 Å². The molecule has 0 saturated carbocycles. The third-order valence-electron chi connectivity index (χ3n) is 4.40. The van der Waals surface area contributed by atoms with Crippen LogP contribution in [-0.4, -0.2) is 34.6 Å². The minimum absolute atomic E-state index is 0.0245. The molecule has 1 saturated heterocycles. The summed E-state index contributed by atoms with van der Waals surface area (Å²) in [5, 5.41) is 2.30. The Balaban J connectivity index is 1.73. The molecule has 1 aliphatic heterocycles. The fraction of sp³-hybridized carbons (Fsp3) is 0.261. The lowest BCUT2D eigenvalue weighted by atomic mass is 10.1. The Bertz CT molecular complexity index is 1030. The SMILES string of the molecule is Cc1ccc(NC(=O)CN2C(=O)S/C(=C\c3ccccc3OC(C)C)C2=O)c(C)c1. The van der Waals surface area contributed by atoms with Crippen LogP contribution in [0.3, 0.4) is 0 Å². The molecule has 0 aromatic heterocycles. The average Bonchev–Trinajstić information content (AvgIpc) is 2.92. The van der Waals surface area contributed by atoms with Crippen molar-refractivity contribution in [2.24, 2.45) is 0 Å². The topological polar surface area (TPSA) is 75.7 Å². The molecular weight excluding hydrogens is 400 g/mol. The maximum absolute atomic E-state index is 12.7. The number of thioether (sulfide) groups is 1. The zero-order chi connectivity index (χ0) is 21.8. The second-order valence-corrected chi connectivity index (χ2v) is 8.33. The third kappa shape index (κ3) is 5.10. The van der Waals surface area contributed by atoms with Gasteiger partial charge in [-0.1, -0.05) is 35.9 Å². The van der Waals surface area contributed by atoms with Crippen molar-refractivity contribution in [1.82, 2.24) is 4.90 Å². The molecule has 2 aromatic carbocycles. The van der Waals surface area contributed by atoms with E-state index in [1.54, 1.807) is 6.08 Å². The molecule has 1 heterocycles. The van der Waals surface area contributed by atoms with Gasteiger partial charge in [0.25, 0.3) is 11.1 Å². The number of para-hydroxylation sites is 1. The predicted molar refractivity (Wildman–Crippen MR) is 119 cm³/mol. The van der Waals surface area contributed by atoms with Crippen molar-refractivity contribution < 1.29 is 19.1 Å². The van der Waals surface area contributed by atoms with Crippen molar-refractivity contribution in [2.75, 3.05) is 11.9 Å². The highest BCUT2D eigenvalue weighted by Crippen LogP contribution is 2.34. The molecule has 30 heavy (non-hydrogen) atoms. The molecule has 0 atom stereocenters. The summed E-state index contributed by atoms with van der Waals surface area (Å²) in [5.74, 6) is -0.277. The number of amides is 3. The summed E-state index contributed by atoms with van der Waals surface area (Å²) < 4.78 is 5.77. The van der Waals surface area contributed by atoms with Gasteiger partial charge >= 0.3 is 0 Å². The fourth-order valence-electron chi connectivity index (χ4n) is 3.03. The molecule has 1 N–H and O–H groups in total. The number of hydrogen-bond donors (Lipinski definition) is 1. The normalized spacial score (nSPS) is 15.2. The minimum Gasteiger partial charge on any atom is -0.490 e. The zero-order valence-electron chi connectivity index (χ0n) is 17.4. The van der Waals surface area contributed by atoms with E-state index in [1.165, 1.54) is 0 Å². The highest BCUT2D eigenvalue weighted by molar-refractivity contribution is 8.18. The van der Waals surface area contributed by atoms with Crippen LogP contribution in [0.2, 0.25) is 0 Å². The van der Waals surface area contributed by atoms with E-state index in [0.29, 0.717) is 17.0 Å². The van der Waals surface area contributed by atoms with Crippen LogP contribution in [0, 0.1) is 13.8 Å². The number of aryl methyl sites for hydroxylation is 2. The summed E-state index contributed by atoms with van der Waals surface area (Å²) in [6, 6.07) is 13.0. The number of nitrogens with zero attached hydrogens (tertiary/aromatic N) is 1. The number of rotatable bonds is 6. The summed E-state index contributed by atoms with van der Waals surface area (Å²) in [6.07, 6.45) is 1.61. The third-order valence-corrected chi connectivity index (χ3v) is 5.31.